The van der Waals surface area contributed by atoms with Gasteiger partial charge in [0.25, 0.3) is 0 Å². The molecule has 0 atom stereocenters. The Balaban J connectivity index is 0.000000444. The van der Waals surface area contributed by atoms with E-state index in [-0.39, 0.29) is 5.82 Å². The lowest BCUT2D eigenvalue weighted by molar-refractivity contribution is 0.278. The highest BCUT2D eigenvalue weighted by Crippen LogP contribution is 2.23. The van der Waals surface area contributed by atoms with Crippen molar-refractivity contribution in [3.8, 4) is 11.1 Å². The van der Waals surface area contributed by atoms with Gasteiger partial charge >= 0.3 is 7.32 Å². The van der Waals surface area contributed by atoms with Gasteiger partial charge in [-0.05, 0) is 23.6 Å². The zero-order valence-corrected chi connectivity index (χ0v) is 11.3. The molecule has 0 aliphatic carbocycles. The molecule has 0 unspecified atom stereocenters. The van der Waals surface area contributed by atoms with E-state index >= 15 is 0 Å². The summed E-state index contributed by atoms with van der Waals surface area (Å²) in [5.74, 6) is -0.128. The van der Waals surface area contributed by atoms with Crippen molar-refractivity contribution in [3.05, 3.63) is 59.9 Å². The van der Waals surface area contributed by atoms with Crippen LogP contribution in [-0.4, -0.2) is 22.4 Å². The van der Waals surface area contributed by atoms with Crippen LogP contribution in [0.25, 0.3) is 11.1 Å². The van der Waals surface area contributed by atoms with Crippen molar-refractivity contribution in [2.24, 2.45) is 0 Å². The fourth-order valence-electron chi connectivity index (χ4n) is 1.85. The topological polar surface area (TPSA) is 60.7 Å². The molecule has 0 fully saturated rings. The minimum absolute atomic E-state index is 0.128. The van der Waals surface area contributed by atoms with E-state index < -0.39 is 7.32 Å². The Morgan fingerprint density at radius 1 is 1.00 bits per heavy atom. The number of rotatable bonds is 3. The Labute approximate surface area is 118 Å². The van der Waals surface area contributed by atoms with Crippen LogP contribution in [0.3, 0.4) is 0 Å². The lowest BCUT2D eigenvalue weighted by Crippen LogP contribution is -2.07. The first-order chi connectivity index (χ1) is 9.54. The predicted molar refractivity (Wildman–Crippen MR) is 78.2 cm³/mol. The highest BCUT2D eigenvalue weighted by atomic mass is 19.1. The largest absolute Gasteiger partial charge is 0.631 e. The Hall–Kier alpha value is -1.69. The third-order valence-electron chi connectivity index (χ3n) is 2.66. The van der Waals surface area contributed by atoms with Gasteiger partial charge in [0.1, 0.15) is 5.82 Å². The smallest absolute Gasteiger partial charge is 0.402 e. The SMILES string of the molecule is CCCc1ccc(-c2ccccc2)c(F)c1.OB(O)O. The van der Waals surface area contributed by atoms with Crippen LogP contribution in [-0.2, 0) is 6.42 Å². The summed E-state index contributed by atoms with van der Waals surface area (Å²) < 4.78 is 13.9. The standard InChI is InChI=1S/C15H15F.BH3O3/c1-2-6-12-9-10-14(15(16)11-12)13-7-4-3-5-8-13;2-1(3)4/h3-5,7-11H,2,6H2,1H3;2-4H. The van der Waals surface area contributed by atoms with Crippen molar-refractivity contribution in [1.82, 2.24) is 0 Å². The molecular formula is C15H18BFO3. The molecule has 0 amide bonds. The van der Waals surface area contributed by atoms with Gasteiger partial charge in [-0.3, -0.25) is 0 Å². The van der Waals surface area contributed by atoms with Crippen LogP contribution in [0.1, 0.15) is 18.9 Å². The van der Waals surface area contributed by atoms with Crippen molar-refractivity contribution in [1.29, 1.82) is 0 Å². The van der Waals surface area contributed by atoms with Crippen molar-refractivity contribution in [2.45, 2.75) is 19.8 Å². The quantitative estimate of drug-likeness (QED) is 0.754. The van der Waals surface area contributed by atoms with Crippen LogP contribution in [0.2, 0.25) is 0 Å². The monoisotopic (exact) mass is 276 g/mol. The second-order valence-electron chi connectivity index (χ2n) is 4.28. The van der Waals surface area contributed by atoms with E-state index in [0.717, 1.165) is 24.0 Å². The zero-order valence-electron chi connectivity index (χ0n) is 11.3. The first kappa shape index (κ1) is 16.4. The normalized spacial score (nSPS) is 9.65. The summed E-state index contributed by atoms with van der Waals surface area (Å²) in [7, 11) is -2.17. The summed E-state index contributed by atoms with van der Waals surface area (Å²) in [5.41, 5.74) is 2.68. The molecule has 5 heteroatoms. The third-order valence-corrected chi connectivity index (χ3v) is 2.66. The molecular weight excluding hydrogens is 258 g/mol. The van der Waals surface area contributed by atoms with Gasteiger partial charge in [-0.25, -0.2) is 4.39 Å². The Bertz CT molecular complexity index is 515. The highest BCUT2D eigenvalue weighted by molar-refractivity contribution is 6.30. The van der Waals surface area contributed by atoms with Crippen molar-refractivity contribution in [3.63, 3.8) is 0 Å². The van der Waals surface area contributed by atoms with Gasteiger partial charge in [0.05, 0.1) is 0 Å². The van der Waals surface area contributed by atoms with Gasteiger partial charge in [0.15, 0.2) is 0 Å². The number of halogens is 1. The van der Waals surface area contributed by atoms with E-state index in [1.54, 1.807) is 6.07 Å². The lowest BCUT2D eigenvalue weighted by Gasteiger charge is -2.05. The molecule has 0 radical (unpaired) electrons. The van der Waals surface area contributed by atoms with Gasteiger partial charge in [-0.1, -0.05) is 55.8 Å². The van der Waals surface area contributed by atoms with Crippen LogP contribution in [0.15, 0.2) is 48.5 Å². The Morgan fingerprint density at radius 3 is 2.10 bits per heavy atom. The zero-order chi connectivity index (χ0) is 15.0. The second-order valence-corrected chi connectivity index (χ2v) is 4.28. The van der Waals surface area contributed by atoms with E-state index in [2.05, 4.69) is 6.92 Å². The van der Waals surface area contributed by atoms with Crippen LogP contribution in [0.5, 0.6) is 0 Å². The minimum atomic E-state index is -2.17. The summed E-state index contributed by atoms with van der Waals surface area (Å²) in [6.07, 6.45) is 1.98. The van der Waals surface area contributed by atoms with E-state index in [1.807, 2.05) is 42.5 Å². The van der Waals surface area contributed by atoms with Crippen molar-refractivity contribution in [2.75, 3.05) is 0 Å². The maximum atomic E-state index is 13.9. The van der Waals surface area contributed by atoms with Crippen LogP contribution in [0, 0.1) is 5.82 Å². The van der Waals surface area contributed by atoms with Crippen LogP contribution in [0.4, 0.5) is 4.39 Å². The summed E-state index contributed by atoms with van der Waals surface area (Å²) in [4.78, 5) is 0. The Kier molecular flexibility index (Phi) is 6.94. The second kappa shape index (κ2) is 8.48. The maximum absolute atomic E-state index is 13.9. The first-order valence-electron chi connectivity index (χ1n) is 6.42. The average Bonchev–Trinajstić information content (AvgIpc) is 2.39. The van der Waals surface area contributed by atoms with Gasteiger partial charge in [-0.2, -0.15) is 0 Å². The van der Waals surface area contributed by atoms with E-state index in [1.165, 1.54) is 0 Å². The molecule has 0 heterocycles. The molecule has 2 aromatic rings. The van der Waals surface area contributed by atoms with Gasteiger partial charge in [0.2, 0.25) is 0 Å². The summed E-state index contributed by atoms with van der Waals surface area (Å²) in [5, 5.41) is 21.5. The number of aryl methyl sites for hydroxylation is 1. The van der Waals surface area contributed by atoms with Crippen molar-refractivity contribution >= 4 is 7.32 Å². The first-order valence-corrected chi connectivity index (χ1v) is 6.42. The molecule has 3 nitrogen and oxygen atoms in total. The molecule has 2 rings (SSSR count). The van der Waals surface area contributed by atoms with Gasteiger partial charge < -0.3 is 15.1 Å². The van der Waals surface area contributed by atoms with E-state index in [9.17, 15) is 4.39 Å². The summed E-state index contributed by atoms with van der Waals surface area (Å²) in [6, 6.07) is 15.2. The maximum Gasteiger partial charge on any atom is 0.631 e. The van der Waals surface area contributed by atoms with Gasteiger partial charge in [-0.15, -0.1) is 0 Å². The third kappa shape index (κ3) is 5.53. The number of hydrogen-bond acceptors (Lipinski definition) is 3. The van der Waals surface area contributed by atoms with E-state index in [0.29, 0.717) is 5.56 Å². The number of hydrogen-bond donors (Lipinski definition) is 3. The Morgan fingerprint density at radius 2 is 1.60 bits per heavy atom. The molecule has 0 aromatic heterocycles. The fraction of sp³-hybridized carbons (Fsp3) is 0.200. The van der Waals surface area contributed by atoms with Crippen LogP contribution >= 0.6 is 0 Å². The molecule has 0 saturated heterocycles. The van der Waals surface area contributed by atoms with Crippen molar-refractivity contribution < 1.29 is 19.5 Å². The molecule has 3 N–H and O–H groups in total. The molecule has 0 aliphatic rings. The summed E-state index contributed by atoms with van der Waals surface area (Å²) in [6.45, 7) is 2.10. The molecule has 0 saturated carbocycles. The molecule has 106 valence electrons. The number of benzene rings is 2. The molecule has 0 bridgehead atoms. The fourth-order valence-corrected chi connectivity index (χ4v) is 1.85. The molecule has 0 spiro atoms. The lowest BCUT2D eigenvalue weighted by atomic mass is 10.0. The molecule has 20 heavy (non-hydrogen) atoms. The molecule has 0 aliphatic heterocycles. The summed E-state index contributed by atoms with van der Waals surface area (Å²) >= 11 is 0. The minimum Gasteiger partial charge on any atom is -0.402 e. The predicted octanol–water partition coefficient (Wildman–Crippen LogP) is 2.39. The average molecular weight is 276 g/mol. The van der Waals surface area contributed by atoms with E-state index in [4.69, 9.17) is 15.1 Å². The molecule has 2 aromatic carbocycles. The highest BCUT2D eigenvalue weighted by Gasteiger charge is 2.04. The van der Waals surface area contributed by atoms with Gasteiger partial charge in [0, 0.05) is 5.56 Å². The van der Waals surface area contributed by atoms with Crippen LogP contribution < -0.4 is 0 Å².